The standard InChI is InChI=1S/C13H17N3O/c1-9-4-5-11(15)10(6-9)12(17)16-8-13(2,3)7-14/h4-6H,8,15H2,1-3H3,(H,16,17). The second-order valence-electron chi connectivity index (χ2n) is 4.77. The van der Waals surface area contributed by atoms with E-state index in [-0.39, 0.29) is 5.91 Å². The topological polar surface area (TPSA) is 78.9 Å². The smallest absolute Gasteiger partial charge is 0.253 e. The minimum atomic E-state index is -0.575. The molecule has 0 saturated carbocycles. The van der Waals surface area contributed by atoms with E-state index in [2.05, 4.69) is 11.4 Å². The average Bonchev–Trinajstić information content (AvgIpc) is 2.29. The van der Waals surface area contributed by atoms with Crippen LogP contribution in [0, 0.1) is 23.7 Å². The molecule has 1 aromatic carbocycles. The molecule has 0 spiro atoms. The van der Waals surface area contributed by atoms with Gasteiger partial charge in [0.15, 0.2) is 0 Å². The number of hydrogen-bond donors (Lipinski definition) is 2. The number of benzene rings is 1. The minimum absolute atomic E-state index is 0.241. The number of nitrogens with zero attached hydrogens (tertiary/aromatic N) is 1. The molecule has 0 heterocycles. The van der Waals surface area contributed by atoms with Gasteiger partial charge in [0.1, 0.15) is 0 Å². The van der Waals surface area contributed by atoms with Crippen LogP contribution < -0.4 is 11.1 Å². The Morgan fingerprint density at radius 3 is 2.76 bits per heavy atom. The van der Waals surface area contributed by atoms with Crippen LogP contribution in [0.3, 0.4) is 0 Å². The van der Waals surface area contributed by atoms with Crippen LogP contribution in [0.5, 0.6) is 0 Å². The Kier molecular flexibility index (Phi) is 3.74. The van der Waals surface area contributed by atoms with E-state index in [9.17, 15) is 4.79 Å². The Labute approximate surface area is 101 Å². The second-order valence-corrected chi connectivity index (χ2v) is 4.77. The van der Waals surface area contributed by atoms with Gasteiger partial charge in [0, 0.05) is 12.2 Å². The maximum atomic E-state index is 11.9. The van der Waals surface area contributed by atoms with E-state index in [4.69, 9.17) is 11.0 Å². The summed E-state index contributed by atoms with van der Waals surface area (Å²) in [5.41, 5.74) is 7.04. The van der Waals surface area contributed by atoms with Crippen LogP contribution in [-0.2, 0) is 0 Å². The third-order valence-electron chi connectivity index (χ3n) is 2.45. The molecular weight excluding hydrogens is 214 g/mol. The van der Waals surface area contributed by atoms with Gasteiger partial charge in [-0.3, -0.25) is 4.79 Å². The lowest BCUT2D eigenvalue weighted by atomic mass is 9.96. The summed E-state index contributed by atoms with van der Waals surface area (Å²) >= 11 is 0. The largest absolute Gasteiger partial charge is 0.398 e. The first-order valence-electron chi connectivity index (χ1n) is 5.41. The maximum Gasteiger partial charge on any atom is 0.253 e. The van der Waals surface area contributed by atoms with Crippen molar-refractivity contribution in [2.75, 3.05) is 12.3 Å². The Morgan fingerprint density at radius 2 is 2.18 bits per heavy atom. The van der Waals surface area contributed by atoms with Gasteiger partial charge >= 0.3 is 0 Å². The van der Waals surface area contributed by atoms with Gasteiger partial charge in [0.05, 0.1) is 17.0 Å². The molecule has 0 aromatic heterocycles. The molecule has 4 nitrogen and oxygen atoms in total. The van der Waals surface area contributed by atoms with Crippen molar-refractivity contribution in [2.24, 2.45) is 5.41 Å². The van der Waals surface area contributed by atoms with E-state index in [0.717, 1.165) is 5.56 Å². The first-order valence-corrected chi connectivity index (χ1v) is 5.41. The summed E-state index contributed by atoms with van der Waals surface area (Å²) in [6, 6.07) is 7.43. The normalized spacial score (nSPS) is 10.7. The zero-order valence-corrected chi connectivity index (χ0v) is 10.4. The van der Waals surface area contributed by atoms with Gasteiger partial charge in [0.2, 0.25) is 0 Å². The van der Waals surface area contributed by atoms with Crippen molar-refractivity contribution in [3.05, 3.63) is 29.3 Å². The molecule has 1 rings (SSSR count). The summed E-state index contributed by atoms with van der Waals surface area (Å²) in [5.74, 6) is -0.241. The number of aryl methyl sites for hydroxylation is 1. The molecule has 1 aromatic rings. The van der Waals surface area contributed by atoms with Crippen LogP contribution >= 0.6 is 0 Å². The molecule has 4 heteroatoms. The van der Waals surface area contributed by atoms with E-state index in [0.29, 0.717) is 17.8 Å². The number of carbonyl (C=O) groups is 1. The monoisotopic (exact) mass is 231 g/mol. The van der Waals surface area contributed by atoms with Crippen molar-refractivity contribution in [3.63, 3.8) is 0 Å². The highest BCUT2D eigenvalue weighted by Gasteiger charge is 2.19. The molecule has 0 aliphatic rings. The van der Waals surface area contributed by atoms with Crippen molar-refractivity contribution in [3.8, 4) is 6.07 Å². The molecule has 0 radical (unpaired) electrons. The molecule has 0 aliphatic heterocycles. The van der Waals surface area contributed by atoms with Crippen molar-refractivity contribution in [2.45, 2.75) is 20.8 Å². The number of nitriles is 1. The number of amides is 1. The van der Waals surface area contributed by atoms with Gasteiger partial charge < -0.3 is 11.1 Å². The zero-order chi connectivity index (χ0) is 13.1. The van der Waals surface area contributed by atoms with Gasteiger partial charge in [-0.15, -0.1) is 0 Å². The number of nitrogens with two attached hydrogens (primary N) is 1. The van der Waals surface area contributed by atoms with Gasteiger partial charge in [-0.25, -0.2) is 0 Å². The molecule has 17 heavy (non-hydrogen) atoms. The van der Waals surface area contributed by atoms with E-state index in [1.165, 1.54) is 0 Å². The number of nitrogen functional groups attached to an aromatic ring is 1. The molecule has 0 saturated heterocycles. The van der Waals surface area contributed by atoms with Crippen LogP contribution in [0.25, 0.3) is 0 Å². The van der Waals surface area contributed by atoms with Gasteiger partial charge in [-0.05, 0) is 32.9 Å². The highest BCUT2D eigenvalue weighted by Crippen LogP contribution is 2.15. The van der Waals surface area contributed by atoms with Crippen molar-refractivity contribution >= 4 is 11.6 Å². The van der Waals surface area contributed by atoms with E-state index >= 15 is 0 Å². The summed E-state index contributed by atoms with van der Waals surface area (Å²) in [4.78, 5) is 11.9. The molecule has 1 amide bonds. The highest BCUT2D eigenvalue weighted by atomic mass is 16.1. The maximum absolute atomic E-state index is 11.9. The lowest BCUT2D eigenvalue weighted by Gasteiger charge is -2.16. The molecule has 0 bridgehead atoms. The number of hydrogen-bond acceptors (Lipinski definition) is 3. The van der Waals surface area contributed by atoms with Crippen molar-refractivity contribution in [1.82, 2.24) is 5.32 Å². The molecular formula is C13H17N3O. The second kappa shape index (κ2) is 4.88. The van der Waals surface area contributed by atoms with Crippen LogP contribution in [0.1, 0.15) is 29.8 Å². The minimum Gasteiger partial charge on any atom is -0.398 e. The third-order valence-corrected chi connectivity index (χ3v) is 2.45. The highest BCUT2D eigenvalue weighted by molar-refractivity contribution is 5.99. The molecule has 0 fully saturated rings. The lowest BCUT2D eigenvalue weighted by Crippen LogP contribution is -2.33. The fourth-order valence-electron chi connectivity index (χ4n) is 1.30. The average molecular weight is 231 g/mol. The Bertz CT molecular complexity index is 472. The Balaban J connectivity index is 2.78. The first kappa shape index (κ1) is 13.0. The Hall–Kier alpha value is -2.02. The quantitative estimate of drug-likeness (QED) is 0.779. The molecule has 90 valence electrons. The summed E-state index contributed by atoms with van der Waals surface area (Å²) < 4.78 is 0. The van der Waals surface area contributed by atoms with E-state index in [1.807, 2.05) is 13.0 Å². The van der Waals surface area contributed by atoms with Crippen LogP contribution in [-0.4, -0.2) is 12.5 Å². The predicted molar refractivity (Wildman–Crippen MR) is 67.3 cm³/mol. The van der Waals surface area contributed by atoms with E-state index < -0.39 is 5.41 Å². The van der Waals surface area contributed by atoms with E-state index in [1.54, 1.807) is 26.0 Å². The van der Waals surface area contributed by atoms with Gasteiger partial charge in [-0.2, -0.15) is 5.26 Å². The van der Waals surface area contributed by atoms with Crippen molar-refractivity contribution < 1.29 is 4.79 Å². The van der Waals surface area contributed by atoms with Crippen LogP contribution in [0.4, 0.5) is 5.69 Å². The zero-order valence-electron chi connectivity index (χ0n) is 10.4. The van der Waals surface area contributed by atoms with Crippen LogP contribution in [0.15, 0.2) is 18.2 Å². The molecule has 3 N–H and O–H groups in total. The fraction of sp³-hybridized carbons (Fsp3) is 0.385. The number of rotatable bonds is 3. The third kappa shape index (κ3) is 3.49. The number of anilines is 1. The molecule has 0 aliphatic carbocycles. The van der Waals surface area contributed by atoms with Crippen LogP contribution in [0.2, 0.25) is 0 Å². The van der Waals surface area contributed by atoms with Crippen molar-refractivity contribution in [1.29, 1.82) is 5.26 Å². The van der Waals surface area contributed by atoms with Gasteiger partial charge in [0.25, 0.3) is 5.91 Å². The number of carbonyl (C=O) groups excluding carboxylic acids is 1. The van der Waals surface area contributed by atoms with Gasteiger partial charge in [-0.1, -0.05) is 11.6 Å². The summed E-state index contributed by atoms with van der Waals surface area (Å²) in [6.45, 7) is 5.74. The Morgan fingerprint density at radius 1 is 1.53 bits per heavy atom. The number of nitrogens with one attached hydrogen (secondary N) is 1. The summed E-state index contributed by atoms with van der Waals surface area (Å²) in [6.07, 6.45) is 0. The predicted octanol–water partition coefficient (Wildman–Crippen LogP) is 1.86. The first-order chi connectivity index (χ1) is 7.85. The molecule has 0 unspecified atom stereocenters. The SMILES string of the molecule is Cc1ccc(N)c(C(=O)NCC(C)(C)C#N)c1. The summed E-state index contributed by atoms with van der Waals surface area (Å²) in [7, 11) is 0. The molecule has 0 atom stereocenters. The fourth-order valence-corrected chi connectivity index (χ4v) is 1.30. The summed E-state index contributed by atoms with van der Waals surface area (Å²) in [5, 5.41) is 11.6. The lowest BCUT2D eigenvalue weighted by molar-refractivity contribution is 0.0944.